The maximum Gasteiger partial charge on any atom is 0.416 e. The maximum absolute atomic E-state index is 13.1. The Morgan fingerprint density at radius 1 is 1.09 bits per heavy atom. The number of hydrogen-bond donors (Lipinski definition) is 2. The molecule has 3 rings (SSSR count). The van der Waals surface area contributed by atoms with Crippen LogP contribution in [0.3, 0.4) is 0 Å². The van der Waals surface area contributed by atoms with Crippen molar-refractivity contribution in [2.24, 2.45) is 7.05 Å². The minimum atomic E-state index is -4.57. The van der Waals surface area contributed by atoms with Gasteiger partial charge in [0, 0.05) is 13.6 Å². The zero-order valence-electron chi connectivity index (χ0n) is 17.3. The van der Waals surface area contributed by atoms with E-state index in [0.29, 0.717) is 22.9 Å². The van der Waals surface area contributed by atoms with Crippen molar-refractivity contribution in [1.29, 1.82) is 0 Å². The third-order valence-corrected chi connectivity index (χ3v) is 5.79. The van der Waals surface area contributed by atoms with Crippen LogP contribution in [0.5, 0.6) is 5.75 Å². The van der Waals surface area contributed by atoms with Crippen molar-refractivity contribution in [1.82, 2.24) is 9.88 Å². The van der Waals surface area contributed by atoms with Crippen LogP contribution in [-0.4, -0.2) is 22.1 Å². The number of aromatic nitrogens is 1. The molecule has 0 saturated carbocycles. The Hall–Kier alpha value is -2.97. The van der Waals surface area contributed by atoms with Crippen molar-refractivity contribution >= 4 is 29.1 Å². The van der Waals surface area contributed by atoms with Gasteiger partial charge < -0.3 is 15.0 Å². The van der Waals surface area contributed by atoms with Gasteiger partial charge in [-0.1, -0.05) is 41.4 Å². The zero-order chi connectivity index (χ0) is 24.3. The first-order valence-electron chi connectivity index (χ1n) is 9.82. The van der Waals surface area contributed by atoms with E-state index in [9.17, 15) is 27.9 Å². The van der Waals surface area contributed by atoms with Gasteiger partial charge in [-0.25, -0.2) is 0 Å². The number of carbonyl (C=O) groups excluding carboxylic acids is 1. The van der Waals surface area contributed by atoms with Crippen LogP contribution in [0, 0.1) is 0 Å². The van der Waals surface area contributed by atoms with Gasteiger partial charge in [-0.2, -0.15) is 13.2 Å². The number of nitrogens with one attached hydrogen (secondary N) is 1. The number of alkyl halides is 3. The summed E-state index contributed by atoms with van der Waals surface area (Å²) in [5.41, 5.74) is -1.05. The van der Waals surface area contributed by atoms with E-state index in [1.54, 1.807) is 12.1 Å². The van der Waals surface area contributed by atoms with Crippen LogP contribution in [0.4, 0.5) is 13.2 Å². The molecule has 2 aromatic carbocycles. The number of pyridine rings is 1. The fraction of sp³-hybridized carbons (Fsp3) is 0.217. The fourth-order valence-corrected chi connectivity index (χ4v) is 3.60. The predicted octanol–water partition coefficient (Wildman–Crippen LogP) is 5.45. The van der Waals surface area contributed by atoms with Crippen LogP contribution in [0.1, 0.15) is 27.9 Å². The Balaban J connectivity index is 1.79. The van der Waals surface area contributed by atoms with Crippen molar-refractivity contribution in [2.45, 2.75) is 19.0 Å². The molecule has 3 aromatic rings. The van der Waals surface area contributed by atoms with Crippen LogP contribution in [-0.2, 0) is 19.6 Å². The average molecular weight is 499 g/mol. The highest BCUT2D eigenvalue weighted by atomic mass is 35.5. The summed E-state index contributed by atoms with van der Waals surface area (Å²) >= 11 is 11.9. The molecule has 0 spiro atoms. The van der Waals surface area contributed by atoms with E-state index in [1.807, 2.05) is 6.07 Å². The molecule has 5 nitrogen and oxygen atoms in total. The molecule has 0 atom stereocenters. The lowest BCUT2D eigenvalue weighted by Crippen LogP contribution is -2.28. The molecular weight excluding hydrogens is 480 g/mol. The van der Waals surface area contributed by atoms with Crippen LogP contribution in [0.2, 0.25) is 10.0 Å². The molecule has 33 heavy (non-hydrogen) atoms. The summed E-state index contributed by atoms with van der Waals surface area (Å²) in [6.07, 6.45) is -3.44. The third kappa shape index (κ3) is 5.69. The number of amides is 1. The Morgan fingerprint density at radius 2 is 1.82 bits per heavy atom. The summed E-state index contributed by atoms with van der Waals surface area (Å²) < 4.78 is 40.2. The second-order valence-electron chi connectivity index (χ2n) is 7.34. The van der Waals surface area contributed by atoms with Gasteiger partial charge in [-0.15, -0.1) is 0 Å². The number of hydrogen-bond acceptors (Lipinski definition) is 3. The standard InChI is InChI=1S/C23H19Cl2F3N2O3/c1-30-19(14-5-2-6-15(11-14)23(26,27)28)12-16(20(31)22(30)33)21(32)29-9-3-4-13-7-8-17(24)18(25)10-13/h2,5-8,10-12,31H,3-4,9H2,1H3,(H,29,32). The van der Waals surface area contributed by atoms with Gasteiger partial charge in [0.25, 0.3) is 11.5 Å². The van der Waals surface area contributed by atoms with E-state index < -0.39 is 29.0 Å². The molecule has 0 aliphatic carbocycles. The predicted molar refractivity (Wildman–Crippen MR) is 121 cm³/mol. The van der Waals surface area contributed by atoms with E-state index in [1.165, 1.54) is 25.2 Å². The van der Waals surface area contributed by atoms with Gasteiger partial charge in [-0.05, 0) is 54.3 Å². The number of benzene rings is 2. The highest BCUT2D eigenvalue weighted by Crippen LogP contribution is 2.32. The lowest BCUT2D eigenvalue weighted by Gasteiger charge is -2.14. The monoisotopic (exact) mass is 498 g/mol. The van der Waals surface area contributed by atoms with Gasteiger partial charge >= 0.3 is 6.18 Å². The second-order valence-corrected chi connectivity index (χ2v) is 8.16. The molecule has 0 bridgehead atoms. The lowest BCUT2D eigenvalue weighted by molar-refractivity contribution is -0.137. The number of rotatable bonds is 6. The average Bonchev–Trinajstić information content (AvgIpc) is 2.77. The summed E-state index contributed by atoms with van der Waals surface area (Å²) in [6.45, 7) is 0.229. The van der Waals surface area contributed by atoms with Gasteiger partial charge in [-0.3, -0.25) is 9.59 Å². The molecule has 0 aliphatic rings. The molecule has 2 N–H and O–H groups in total. The highest BCUT2D eigenvalue weighted by molar-refractivity contribution is 6.42. The number of nitrogens with zero attached hydrogens (tertiary/aromatic N) is 1. The first kappa shape index (κ1) is 24.7. The van der Waals surface area contributed by atoms with Crippen LogP contribution < -0.4 is 10.9 Å². The lowest BCUT2D eigenvalue weighted by atomic mass is 10.0. The Labute approximate surface area is 197 Å². The van der Waals surface area contributed by atoms with E-state index in [0.717, 1.165) is 22.3 Å². The van der Waals surface area contributed by atoms with E-state index in [2.05, 4.69) is 5.32 Å². The van der Waals surface area contributed by atoms with E-state index in [4.69, 9.17) is 23.2 Å². The molecular formula is C23H19Cl2F3N2O3. The normalized spacial score (nSPS) is 11.5. The molecule has 174 valence electrons. The summed E-state index contributed by atoms with van der Waals surface area (Å²) in [6, 6.07) is 10.8. The highest BCUT2D eigenvalue weighted by Gasteiger charge is 2.30. The third-order valence-electron chi connectivity index (χ3n) is 5.05. The Morgan fingerprint density at radius 3 is 2.48 bits per heavy atom. The summed E-state index contributed by atoms with van der Waals surface area (Å²) in [4.78, 5) is 25.0. The maximum atomic E-state index is 13.1. The summed E-state index contributed by atoms with van der Waals surface area (Å²) in [7, 11) is 1.30. The Bertz CT molecular complexity index is 1260. The van der Waals surface area contributed by atoms with Crippen molar-refractivity contribution in [2.75, 3.05) is 6.54 Å². The van der Waals surface area contributed by atoms with Gasteiger partial charge in [0.15, 0.2) is 5.75 Å². The van der Waals surface area contributed by atoms with Crippen molar-refractivity contribution < 1.29 is 23.1 Å². The fourth-order valence-electron chi connectivity index (χ4n) is 3.28. The van der Waals surface area contributed by atoms with Crippen LogP contribution >= 0.6 is 23.2 Å². The smallest absolute Gasteiger partial charge is 0.416 e. The number of carbonyl (C=O) groups is 1. The molecule has 1 heterocycles. The van der Waals surface area contributed by atoms with Crippen molar-refractivity contribution in [3.63, 3.8) is 0 Å². The van der Waals surface area contributed by atoms with Gasteiger partial charge in [0.05, 0.1) is 26.9 Å². The minimum Gasteiger partial charge on any atom is -0.502 e. The van der Waals surface area contributed by atoms with Gasteiger partial charge in [0.2, 0.25) is 0 Å². The summed E-state index contributed by atoms with van der Waals surface area (Å²) in [5, 5.41) is 13.7. The molecule has 10 heteroatoms. The topological polar surface area (TPSA) is 71.3 Å². The van der Waals surface area contributed by atoms with Gasteiger partial charge in [0.1, 0.15) is 0 Å². The largest absolute Gasteiger partial charge is 0.502 e. The van der Waals surface area contributed by atoms with Crippen LogP contribution in [0.25, 0.3) is 11.3 Å². The minimum absolute atomic E-state index is 0.0601. The Kier molecular flexibility index (Phi) is 7.39. The molecule has 0 radical (unpaired) electrons. The van der Waals surface area contributed by atoms with Crippen LogP contribution in [0.15, 0.2) is 53.3 Å². The molecule has 1 amide bonds. The zero-order valence-corrected chi connectivity index (χ0v) is 18.9. The number of aryl methyl sites for hydroxylation is 1. The molecule has 0 aliphatic heterocycles. The molecule has 0 unspecified atom stereocenters. The number of aromatic hydroxyl groups is 1. The first-order chi connectivity index (χ1) is 15.5. The first-order valence-corrected chi connectivity index (χ1v) is 10.6. The quantitative estimate of drug-likeness (QED) is 0.444. The number of halogens is 5. The molecule has 0 saturated heterocycles. The van der Waals surface area contributed by atoms with E-state index in [-0.39, 0.29) is 23.4 Å². The molecule has 1 aromatic heterocycles. The summed E-state index contributed by atoms with van der Waals surface area (Å²) in [5.74, 6) is -1.50. The molecule has 0 fully saturated rings. The van der Waals surface area contributed by atoms with Crippen molar-refractivity contribution in [3.05, 3.63) is 85.6 Å². The SMILES string of the molecule is Cn1c(-c2cccc(C(F)(F)F)c2)cc(C(=O)NCCCc2ccc(Cl)c(Cl)c2)c(O)c1=O. The second kappa shape index (κ2) is 9.89. The van der Waals surface area contributed by atoms with E-state index >= 15 is 0 Å². The van der Waals surface area contributed by atoms with Crippen molar-refractivity contribution in [3.8, 4) is 17.0 Å².